The molecule has 0 fully saturated rings. The monoisotopic (exact) mass is 234 g/mol. The minimum atomic E-state index is 0.203. The summed E-state index contributed by atoms with van der Waals surface area (Å²) < 4.78 is 0. The van der Waals surface area contributed by atoms with Crippen LogP contribution in [0.2, 0.25) is 0 Å². The summed E-state index contributed by atoms with van der Waals surface area (Å²) in [4.78, 5) is 5.45. The van der Waals surface area contributed by atoms with Crippen molar-refractivity contribution in [3.63, 3.8) is 0 Å². The highest BCUT2D eigenvalue weighted by Crippen LogP contribution is 2.26. The molecule has 0 aliphatic rings. The summed E-state index contributed by atoms with van der Waals surface area (Å²) in [5.41, 5.74) is 3.83. The van der Waals surface area contributed by atoms with Gasteiger partial charge in [-0.05, 0) is 26.0 Å². The average Bonchev–Trinajstić information content (AvgIpc) is 2.64. The van der Waals surface area contributed by atoms with Crippen LogP contribution in [-0.4, -0.2) is 10.1 Å². The van der Waals surface area contributed by atoms with Gasteiger partial charge in [0.1, 0.15) is 5.75 Å². The Balaban J connectivity index is 2.14. The van der Waals surface area contributed by atoms with Gasteiger partial charge in [0.05, 0.1) is 17.2 Å². The van der Waals surface area contributed by atoms with Crippen molar-refractivity contribution in [2.24, 2.45) is 0 Å². The number of anilines is 1. The highest BCUT2D eigenvalue weighted by atomic mass is 32.1. The van der Waals surface area contributed by atoms with E-state index < -0.39 is 0 Å². The molecule has 0 radical (unpaired) electrons. The van der Waals surface area contributed by atoms with Gasteiger partial charge in [0, 0.05) is 16.6 Å². The van der Waals surface area contributed by atoms with Gasteiger partial charge in [-0.1, -0.05) is 6.07 Å². The number of aromatic hydroxyl groups is 1. The molecule has 0 saturated carbocycles. The molecule has 2 rings (SSSR count). The van der Waals surface area contributed by atoms with Gasteiger partial charge in [-0.15, -0.1) is 11.3 Å². The number of rotatable bonds is 3. The van der Waals surface area contributed by atoms with Crippen LogP contribution in [0.1, 0.15) is 23.5 Å². The molecule has 0 bridgehead atoms. The first-order valence-corrected chi connectivity index (χ1v) is 6.00. The summed E-state index contributed by atoms with van der Waals surface area (Å²) in [6.07, 6.45) is 0. The van der Waals surface area contributed by atoms with Gasteiger partial charge in [0.25, 0.3) is 0 Å². The van der Waals surface area contributed by atoms with Crippen molar-refractivity contribution in [2.45, 2.75) is 19.9 Å². The second kappa shape index (κ2) is 4.53. The van der Waals surface area contributed by atoms with E-state index in [0.29, 0.717) is 0 Å². The molecular weight excluding hydrogens is 220 g/mol. The van der Waals surface area contributed by atoms with Gasteiger partial charge in [-0.3, -0.25) is 0 Å². The Bertz CT molecular complexity index is 481. The lowest BCUT2D eigenvalue weighted by molar-refractivity contribution is 0.475. The van der Waals surface area contributed by atoms with Crippen LogP contribution in [0.5, 0.6) is 5.75 Å². The number of aromatic nitrogens is 1. The third-order valence-electron chi connectivity index (χ3n) is 2.41. The zero-order chi connectivity index (χ0) is 11.5. The van der Waals surface area contributed by atoms with Crippen LogP contribution in [0.4, 0.5) is 5.69 Å². The first-order valence-electron chi connectivity index (χ1n) is 5.12. The lowest BCUT2D eigenvalue weighted by atomic mass is 10.2. The standard InChI is InChI=1S/C12H14N2OS/c1-8-12(16-7-13-8)9(2)14-10-4-3-5-11(15)6-10/h3-7,9,14-15H,1-2H3. The fraction of sp³-hybridized carbons (Fsp3) is 0.250. The van der Waals surface area contributed by atoms with Crippen LogP contribution >= 0.6 is 11.3 Å². The van der Waals surface area contributed by atoms with Crippen LogP contribution in [-0.2, 0) is 0 Å². The molecule has 1 aromatic carbocycles. The van der Waals surface area contributed by atoms with Crippen LogP contribution in [0.3, 0.4) is 0 Å². The van der Waals surface area contributed by atoms with Crippen LogP contribution in [0, 0.1) is 6.92 Å². The summed E-state index contributed by atoms with van der Waals surface area (Å²) in [6, 6.07) is 7.34. The van der Waals surface area contributed by atoms with Crippen molar-refractivity contribution in [3.8, 4) is 5.75 Å². The van der Waals surface area contributed by atoms with E-state index >= 15 is 0 Å². The quantitative estimate of drug-likeness (QED) is 0.856. The van der Waals surface area contributed by atoms with Gasteiger partial charge in [-0.25, -0.2) is 4.98 Å². The van der Waals surface area contributed by atoms with Gasteiger partial charge in [0.2, 0.25) is 0 Å². The lowest BCUT2D eigenvalue weighted by Gasteiger charge is -2.14. The summed E-state index contributed by atoms with van der Waals surface area (Å²) in [7, 11) is 0. The molecule has 0 saturated heterocycles. The van der Waals surface area contributed by atoms with E-state index in [0.717, 1.165) is 11.4 Å². The predicted molar refractivity (Wildman–Crippen MR) is 67.0 cm³/mol. The molecule has 4 heteroatoms. The Hall–Kier alpha value is -1.55. The molecule has 1 aromatic heterocycles. The average molecular weight is 234 g/mol. The van der Waals surface area contributed by atoms with E-state index in [1.54, 1.807) is 23.5 Å². The molecule has 0 amide bonds. The third-order valence-corrected chi connectivity index (χ3v) is 3.52. The highest BCUT2D eigenvalue weighted by Gasteiger charge is 2.10. The first kappa shape index (κ1) is 11.0. The largest absolute Gasteiger partial charge is 0.508 e. The van der Waals surface area contributed by atoms with E-state index in [4.69, 9.17) is 0 Å². The Labute approximate surface area is 98.8 Å². The number of hydrogen-bond donors (Lipinski definition) is 2. The molecular formula is C12H14N2OS. The molecule has 3 nitrogen and oxygen atoms in total. The summed E-state index contributed by atoms with van der Waals surface area (Å²) >= 11 is 1.64. The fourth-order valence-electron chi connectivity index (χ4n) is 1.64. The van der Waals surface area contributed by atoms with Crippen molar-refractivity contribution >= 4 is 17.0 Å². The van der Waals surface area contributed by atoms with E-state index in [1.807, 2.05) is 24.6 Å². The Kier molecular flexibility index (Phi) is 3.10. The Morgan fingerprint density at radius 2 is 2.25 bits per heavy atom. The number of aryl methyl sites for hydroxylation is 1. The Morgan fingerprint density at radius 3 is 2.88 bits per heavy atom. The molecule has 2 N–H and O–H groups in total. The molecule has 16 heavy (non-hydrogen) atoms. The zero-order valence-electron chi connectivity index (χ0n) is 9.27. The minimum Gasteiger partial charge on any atom is -0.508 e. The maximum absolute atomic E-state index is 9.36. The second-order valence-corrected chi connectivity index (χ2v) is 4.60. The maximum Gasteiger partial charge on any atom is 0.117 e. The third kappa shape index (κ3) is 2.33. The summed E-state index contributed by atoms with van der Waals surface area (Å²) in [5.74, 6) is 0.276. The number of thiazole rings is 1. The molecule has 0 spiro atoms. The summed E-state index contributed by atoms with van der Waals surface area (Å²) in [6.45, 7) is 4.09. The van der Waals surface area contributed by atoms with E-state index in [-0.39, 0.29) is 11.8 Å². The van der Waals surface area contributed by atoms with Crippen molar-refractivity contribution in [1.29, 1.82) is 0 Å². The van der Waals surface area contributed by atoms with E-state index in [1.165, 1.54) is 4.88 Å². The van der Waals surface area contributed by atoms with Crippen molar-refractivity contribution in [3.05, 3.63) is 40.3 Å². The normalized spacial score (nSPS) is 12.4. The van der Waals surface area contributed by atoms with Gasteiger partial charge in [0.15, 0.2) is 0 Å². The molecule has 1 heterocycles. The fourth-order valence-corrected chi connectivity index (χ4v) is 2.45. The van der Waals surface area contributed by atoms with Crippen molar-refractivity contribution < 1.29 is 5.11 Å². The van der Waals surface area contributed by atoms with Crippen molar-refractivity contribution in [2.75, 3.05) is 5.32 Å². The number of benzene rings is 1. The number of phenols is 1. The molecule has 1 atom stereocenters. The van der Waals surface area contributed by atoms with Gasteiger partial charge < -0.3 is 10.4 Å². The second-order valence-electron chi connectivity index (χ2n) is 3.72. The predicted octanol–water partition coefficient (Wildman–Crippen LogP) is 3.33. The van der Waals surface area contributed by atoms with E-state index in [2.05, 4.69) is 17.2 Å². The van der Waals surface area contributed by atoms with Crippen molar-refractivity contribution in [1.82, 2.24) is 4.98 Å². The molecule has 2 aromatic rings. The first-order chi connectivity index (χ1) is 7.66. The number of nitrogens with zero attached hydrogens (tertiary/aromatic N) is 1. The minimum absolute atomic E-state index is 0.203. The molecule has 0 aliphatic carbocycles. The summed E-state index contributed by atoms with van der Waals surface area (Å²) in [5, 5.41) is 12.7. The van der Waals surface area contributed by atoms with Crippen LogP contribution < -0.4 is 5.32 Å². The smallest absolute Gasteiger partial charge is 0.117 e. The Morgan fingerprint density at radius 1 is 1.44 bits per heavy atom. The number of hydrogen-bond acceptors (Lipinski definition) is 4. The number of nitrogens with one attached hydrogen (secondary N) is 1. The highest BCUT2D eigenvalue weighted by molar-refractivity contribution is 7.09. The molecule has 1 unspecified atom stereocenters. The maximum atomic E-state index is 9.36. The SMILES string of the molecule is Cc1ncsc1C(C)Nc1cccc(O)c1. The van der Waals surface area contributed by atoms with E-state index in [9.17, 15) is 5.11 Å². The van der Waals surface area contributed by atoms with Gasteiger partial charge in [-0.2, -0.15) is 0 Å². The zero-order valence-corrected chi connectivity index (χ0v) is 10.1. The molecule has 0 aliphatic heterocycles. The number of phenolic OH excluding ortho intramolecular Hbond substituents is 1. The van der Waals surface area contributed by atoms with Gasteiger partial charge >= 0.3 is 0 Å². The lowest BCUT2D eigenvalue weighted by Crippen LogP contribution is -2.05. The molecule has 84 valence electrons. The van der Waals surface area contributed by atoms with Crippen LogP contribution in [0.15, 0.2) is 29.8 Å². The topological polar surface area (TPSA) is 45.2 Å². The van der Waals surface area contributed by atoms with Crippen LogP contribution in [0.25, 0.3) is 0 Å².